The Balaban J connectivity index is 2.58. The Morgan fingerprint density at radius 2 is 2.11 bits per heavy atom. The molecule has 1 aromatic rings. The van der Waals surface area contributed by atoms with Crippen molar-refractivity contribution in [3.05, 3.63) is 29.3 Å². The average molecular weight is 250 g/mol. The quantitative estimate of drug-likeness (QED) is 0.832. The van der Waals surface area contributed by atoms with Crippen molar-refractivity contribution < 1.29 is 9.53 Å². The van der Waals surface area contributed by atoms with Crippen LogP contribution in [0, 0.1) is 13.8 Å². The van der Waals surface area contributed by atoms with Crippen molar-refractivity contribution in [1.82, 2.24) is 4.90 Å². The summed E-state index contributed by atoms with van der Waals surface area (Å²) in [6, 6.07) is 5.96. The maximum Gasteiger partial charge on any atom is 0.260 e. The molecule has 0 aliphatic rings. The van der Waals surface area contributed by atoms with Gasteiger partial charge in [-0.25, -0.2) is 0 Å². The third kappa shape index (κ3) is 4.04. The van der Waals surface area contributed by atoms with Gasteiger partial charge in [0.1, 0.15) is 5.75 Å². The zero-order valence-corrected chi connectivity index (χ0v) is 11.4. The molecule has 0 saturated carbocycles. The summed E-state index contributed by atoms with van der Waals surface area (Å²) in [5.74, 6) is 0.746. The number of likely N-dealkylation sites (N-methyl/N-ethyl adjacent to an activating group) is 1. The van der Waals surface area contributed by atoms with Crippen molar-refractivity contribution in [3.8, 4) is 5.75 Å². The molecule has 0 unspecified atom stereocenters. The zero-order chi connectivity index (χ0) is 13.5. The summed E-state index contributed by atoms with van der Waals surface area (Å²) >= 11 is 0. The second-order valence-corrected chi connectivity index (χ2v) is 4.32. The van der Waals surface area contributed by atoms with Crippen LogP contribution in [0.3, 0.4) is 0 Å². The van der Waals surface area contributed by atoms with Gasteiger partial charge >= 0.3 is 0 Å². The van der Waals surface area contributed by atoms with Gasteiger partial charge in [0.15, 0.2) is 6.61 Å². The summed E-state index contributed by atoms with van der Waals surface area (Å²) in [4.78, 5) is 13.6. The summed E-state index contributed by atoms with van der Waals surface area (Å²) in [6.45, 7) is 7.68. The SMILES string of the molecule is CCN(CCN)C(=O)COc1cc(C)ccc1C. The molecule has 1 aromatic carbocycles. The number of amides is 1. The van der Waals surface area contributed by atoms with Crippen LogP contribution in [0.25, 0.3) is 0 Å². The molecular formula is C14H22N2O2. The first-order valence-electron chi connectivity index (χ1n) is 6.26. The van der Waals surface area contributed by atoms with Gasteiger partial charge in [0, 0.05) is 19.6 Å². The number of nitrogens with two attached hydrogens (primary N) is 1. The molecule has 1 amide bonds. The third-order valence-electron chi connectivity index (χ3n) is 2.83. The van der Waals surface area contributed by atoms with Gasteiger partial charge in [0.05, 0.1) is 0 Å². The Labute approximate surface area is 109 Å². The van der Waals surface area contributed by atoms with Crippen LogP contribution < -0.4 is 10.5 Å². The fraction of sp³-hybridized carbons (Fsp3) is 0.500. The van der Waals surface area contributed by atoms with Gasteiger partial charge in [-0.15, -0.1) is 0 Å². The monoisotopic (exact) mass is 250 g/mol. The Morgan fingerprint density at radius 1 is 1.39 bits per heavy atom. The maximum absolute atomic E-state index is 11.9. The molecule has 0 fully saturated rings. The number of hydrogen-bond donors (Lipinski definition) is 1. The van der Waals surface area contributed by atoms with E-state index >= 15 is 0 Å². The van der Waals surface area contributed by atoms with Crippen LogP contribution >= 0.6 is 0 Å². The van der Waals surface area contributed by atoms with Gasteiger partial charge in [-0.1, -0.05) is 12.1 Å². The summed E-state index contributed by atoms with van der Waals surface area (Å²) in [5.41, 5.74) is 7.62. The molecule has 0 aliphatic heterocycles. The smallest absolute Gasteiger partial charge is 0.260 e. The number of ether oxygens (including phenoxy) is 1. The largest absolute Gasteiger partial charge is 0.483 e. The second kappa shape index (κ2) is 7.01. The molecule has 100 valence electrons. The lowest BCUT2D eigenvalue weighted by Crippen LogP contribution is -2.38. The van der Waals surface area contributed by atoms with E-state index in [4.69, 9.17) is 10.5 Å². The van der Waals surface area contributed by atoms with Crippen LogP contribution in [0.15, 0.2) is 18.2 Å². The average Bonchev–Trinajstić information content (AvgIpc) is 2.36. The van der Waals surface area contributed by atoms with E-state index in [1.807, 2.05) is 39.0 Å². The predicted octanol–water partition coefficient (Wildman–Crippen LogP) is 1.49. The van der Waals surface area contributed by atoms with Crippen molar-refractivity contribution in [2.24, 2.45) is 5.73 Å². The fourth-order valence-electron chi connectivity index (χ4n) is 1.71. The normalized spacial score (nSPS) is 10.2. The van der Waals surface area contributed by atoms with Crippen LogP contribution in [0.2, 0.25) is 0 Å². The minimum absolute atomic E-state index is 0.0242. The van der Waals surface area contributed by atoms with Crippen molar-refractivity contribution in [1.29, 1.82) is 0 Å². The van der Waals surface area contributed by atoms with E-state index < -0.39 is 0 Å². The zero-order valence-electron chi connectivity index (χ0n) is 11.4. The molecule has 1 rings (SSSR count). The Kier molecular flexibility index (Phi) is 5.65. The predicted molar refractivity (Wildman–Crippen MR) is 72.7 cm³/mol. The highest BCUT2D eigenvalue weighted by atomic mass is 16.5. The van der Waals surface area contributed by atoms with E-state index in [9.17, 15) is 4.79 Å². The van der Waals surface area contributed by atoms with Gasteiger partial charge in [0.2, 0.25) is 0 Å². The summed E-state index contributed by atoms with van der Waals surface area (Å²) < 4.78 is 5.58. The highest BCUT2D eigenvalue weighted by Gasteiger charge is 2.11. The molecule has 2 N–H and O–H groups in total. The summed E-state index contributed by atoms with van der Waals surface area (Å²) in [5, 5.41) is 0. The van der Waals surface area contributed by atoms with Gasteiger partial charge < -0.3 is 15.4 Å². The second-order valence-electron chi connectivity index (χ2n) is 4.32. The van der Waals surface area contributed by atoms with Crippen LogP contribution in [0.1, 0.15) is 18.1 Å². The number of carbonyl (C=O) groups excluding carboxylic acids is 1. The minimum atomic E-state index is -0.0242. The van der Waals surface area contributed by atoms with Crippen molar-refractivity contribution >= 4 is 5.91 Å². The lowest BCUT2D eigenvalue weighted by atomic mass is 10.1. The maximum atomic E-state index is 11.9. The number of aryl methyl sites for hydroxylation is 2. The number of benzene rings is 1. The van der Waals surface area contributed by atoms with Crippen LogP contribution in [0.5, 0.6) is 5.75 Å². The molecule has 0 bridgehead atoms. The molecular weight excluding hydrogens is 228 g/mol. The molecule has 4 nitrogen and oxygen atoms in total. The van der Waals surface area contributed by atoms with Crippen molar-refractivity contribution in [3.63, 3.8) is 0 Å². The molecule has 4 heteroatoms. The molecule has 0 radical (unpaired) electrons. The van der Waals surface area contributed by atoms with Gasteiger partial charge in [-0.2, -0.15) is 0 Å². The van der Waals surface area contributed by atoms with E-state index in [-0.39, 0.29) is 12.5 Å². The van der Waals surface area contributed by atoms with Crippen molar-refractivity contribution in [2.75, 3.05) is 26.2 Å². The van der Waals surface area contributed by atoms with Gasteiger partial charge in [0.25, 0.3) is 5.91 Å². The summed E-state index contributed by atoms with van der Waals surface area (Å²) in [7, 11) is 0. The van der Waals surface area contributed by atoms with E-state index in [0.29, 0.717) is 19.6 Å². The number of rotatable bonds is 6. The van der Waals surface area contributed by atoms with E-state index in [0.717, 1.165) is 16.9 Å². The molecule has 0 atom stereocenters. The van der Waals surface area contributed by atoms with Gasteiger partial charge in [-0.05, 0) is 38.0 Å². The number of hydrogen-bond acceptors (Lipinski definition) is 3. The Bertz CT molecular complexity index is 405. The molecule has 0 saturated heterocycles. The molecule has 18 heavy (non-hydrogen) atoms. The highest BCUT2D eigenvalue weighted by molar-refractivity contribution is 5.77. The molecule has 0 spiro atoms. The lowest BCUT2D eigenvalue weighted by molar-refractivity contribution is -0.133. The van der Waals surface area contributed by atoms with E-state index in [1.165, 1.54) is 0 Å². The topological polar surface area (TPSA) is 55.6 Å². The molecule has 0 aliphatic carbocycles. The van der Waals surface area contributed by atoms with E-state index in [2.05, 4.69) is 0 Å². The van der Waals surface area contributed by atoms with Gasteiger partial charge in [-0.3, -0.25) is 4.79 Å². The van der Waals surface area contributed by atoms with Crippen molar-refractivity contribution in [2.45, 2.75) is 20.8 Å². The highest BCUT2D eigenvalue weighted by Crippen LogP contribution is 2.18. The van der Waals surface area contributed by atoms with Crippen LogP contribution in [0.4, 0.5) is 0 Å². The first-order valence-corrected chi connectivity index (χ1v) is 6.26. The van der Waals surface area contributed by atoms with E-state index in [1.54, 1.807) is 4.90 Å². The fourth-order valence-corrected chi connectivity index (χ4v) is 1.71. The first-order chi connectivity index (χ1) is 8.58. The summed E-state index contributed by atoms with van der Waals surface area (Å²) in [6.07, 6.45) is 0. The first kappa shape index (κ1) is 14.5. The molecule has 0 heterocycles. The molecule has 0 aromatic heterocycles. The Hall–Kier alpha value is -1.55. The number of carbonyl (C=O) groups is 1. The number of nitrogens with zero attached hydrogens (tertiary/aromatic N) is 1. The third-order valence-corrected chi connectivity index (χ3v) is 2.83. The standard InChI is InChI=1S/C14H22N2O2/c1-4-16(8-7-15)14(17)10-18-13-9-11(2)5-6-12(13)3/h5-6,9H,4,7-8,10,15H2,1-3H3. The lowest BCUT2D eigenvalue weighted by Gasteiger charge is -2.20. The minimum Gasteiger partial charge on any atom is -0.483 e. The Morgan fingerprint density at radius 3 is 2.72 bits per heavy atom. The van der Waals surface area contributed by atoms with Crippen LogP contribution in [-0.4, -0.2) is 37.0 Å². The van der Waals surface area contributed by atoms with Crippen LogP contribution in [-0.2, 0) is 4.79 Å².